The fourth-order valence-electron chi connectivity index (χ4n) is 0. The summed E-state index contributed by atoms with van der Waals surface area (Å²) in [5.74, 6) is 0. The van der Waals surface area contributed by atoms with Crippen molar-refractivity contribution in [2.45, 2.75) is 6.92 Å². The highest BCUT2D eigenvalue weighted by Crippen LogP contribution is 2.02. The van der Waals surface area contributed by atoms with Gasteiger partial charge in [-0.3, -0.25) is 0 Å². The summed E-state index contributed by atoms with van der Waals surface area (Å²) < 4.78 is 21.9. The molecule has 0 aliphatic rings. The molecule has 0 heterocycles. The second kappa shape index (κ2) is 1.90. The molecule has 0 bridgehead atoms. The minimum absolute atomic E-state index is 0.157. The van der Waals surface area contributed by atoms with Gasteiger partial charge in [-0.25, -0.2) is 0 Å². The number of halogens is 2. The number of hydrogen-bond donors (Lipinski definition) is 0. The molecule has 0 atom stereocenters. The van der Waals surface area contributed by atoms with Crippen molar-refractivity contribution >= 4 is 0 Å². The van der Waals surface area contributed by atoms with Gasteiger partial charge in [-0.1, -0.05) is 0 Å². The summed E-state index contributed by atoms with van der Waals surface area (Å²) in [7, 11) is 0. The van der Waals surface area contributed by atoms with Crippen molar-refractivity contribution in [2.75, 3.05) is 0 Å². The Morgan fingerprint density at radius 1 is 1.50 bits per heavy atom. The Labute approximate surface area is 35.5 Å². The van der Waals surface area contributed by atoms with E-state index in [-0.39, 0.29) is 5.57 Å². The van der Waals surface area contributed by atoms with Gasteiger partial charge < -0.3 is 0 Å². The predicted octanol–water partition coefficient (Wildman–Crippen LogP) is 1.99. The van der Waals surface area contributed by atoms with Crippen LogP contribution in [0.15, 0.2) is 11.7 Å². The van der Waals surface area contributed by atoms with Crippen LogP contribution in [0, 0.1) is 6.92 Å². The zero-order valence-corrected chi connectivity index (χ0v) is 3.46. The molecular weight excluding hydrogens is 86.0 g/mol. The maximum absolute atomic E-state index is 11.0. The summed E-state index contributed by atoms with van der Waals surface area (Å²) >= 11 is 0. The molecule has 0 aliphatic carbocycles. The van der Waals surface area contributed by atoms with Crippen molar-refractivity contribution in [3.63, 3.8) is 0 Å². The van der Waals surface area contributed by atoms with Gasteiger partial charge in [-0.15, -0.1) is 0 Å². The van der Waals surface area contributed by atoms with Crippen molar-refractivity contribution in [2.24, 2.45) is 0 Å². The van der Waals surface area contributed by atoms with Crippen molar-refractivity contribution < 1.29 is 8.78 Å². The Hall–Kier alpha value is -0.400. The van der Waals surface area contributed by atoms with Gasteiger partial charge >= 0.3 is 0 Å². The predicted molar refractivity (Wildman–Crippen MR) is 20.3 cm³/mol. The van der Waals surface area contributed by atoms with Crippen molar-refractivity contribution in [3.8, 4) is 0 Å². The molecule has 1 radical (unpaired) electrons. The lowest BCUT2D eigenvalue weighted by Crippen LogP contribution is -1.62. The highest BCUT2D eigenvalue weighted by atomic mass is 19.3. The van der Waals surface area contributed by atoms with E-state index in [1.165, 1.54) is 6.92 Å². The van der Waals surface area contributed by atoms with Gasteiger partial charge in [0.2, 0.25) is 0 Å². The number of allylic oxidation sites excluding steroid dienone is 1. The van der Waals surface area contributed by atoms with Crippen LogP contribution in [0.1, 0.15) is 6.92 Å². The lowest BCUT2D eigenvalue weighted by Gasteiger charge is -1.78. The van der Waals surface area contributed by atoms with E-state index in [0.717, 1.165) is 0 Å². The maximum atomic E-state index is 11.0. The van der Waals surface area contributed by atoms with E-state index in [0.29, 0.717) is 0 Å². The molecule has 2 heteroatoms. The van der Waals surface area contributed by atoms with E-state index in [9.17, 15) is 8.78 Å². The van der Waals surface area contributed by atoms with Crippen molar-refractivity contribution in [1.82, 2.24) is 0 Å². The maximum Gasteiger partial charge on any atom is 0.269 e. The molecule has 0 aromatic carbocycles. The molecule has 6 heavy (non-hydrogen) atoms. The molecule has 0 saturated heterocycles. The first-order chi connectivity index (χ1) is 2.64. The van der Waals surface area contributed by atoms with Crippen LogP contribution >= 0.6 is 0 Å². The summed E-state index contributed by atoms with van der Waals surface area (Å²) in [5, 5.41) is 0. The second-order valence-electron chi connectivity index (χ2n) is 1.04. The van der Waals surface area contributed by atoms with Crippen LogP contribution in [0.25, 0.3) is 0 Å². The van der Waals surface area contributed by atoms with E-state index in [4.69, 9.17) is 0 Å². The Morgan fingerprint density at radius 3 is 1.67 bits per heavy atom. The Kier molecular flexibility index (Phi) is 1.77. The first-order valence-electron chi connectivity index (χ1n) is 1.48. The SMILES string of the molecule is [CH2]C(C)=C(F)F. The largest absolute Gasteiger partial charge is 0.269 e. The molecule has 0 aliphatic heterocycles. The normalized spacial score (nSPS) is 8.00. The van der Waals surface area contributed by atoms with Gasteiger partial charge in [-0.05, 0) is 19.4 Å². The Morgan fingerprint density at radius 2 is 1.67 bits per heavy atom. The molecule has 0 saturated carbocycles. The molecule has 0 N–H and O–H groups in total. The fourth-order valence-corrected chi connectivity index (χ4v) is 0. The minimum atomic E-state index is -1.69. The van der Waals surface area contributed by atoms with E-state index in [2.05, 4.69) is 6.92 Å². The Balaban J connectivity index is 3.68. The summed E-state index contributed by atoms with van der Waals surface area (Å²) in [6.45, 7) is 4.23. The molecule has 0 spiro atoms. The third-order valence-corrected chi connectivity index (χ3v) is 0.323. The van der Waals surface area contributed by atoms with Crippen LogP contribution in [-0.2, 0) is 0 Å². The zero-order chi connectivity index (χ0) is 5.15. The quantitative estimate of drug-likeness (QED) is 0.427. The van der Waals surface area contributed by atoms with Gasteiger partial charge in [0, 0.05) is 0 Å². The number of hydrogen-bond acceptors (Lipinski definition) is 0. The molecule has 0 unspecified atom stereocenters. The van der Waals surface area contributed by atoms with Crippen LogP contribution in [-0.4, -0.2) is 0 Å². The highest BCUT2D eigenvalue weighted by molar-refractivity contribution is 5.00. The first-order valence-corrected chi connectivity index (χ1v) is 1.48. The average Bonchev–Trinajstić information content (AvgIpc) is 1.36. The lowest BCUT2D eigenvalue weighted by atomic mass is 10.4. The molecule has 0 fully saturated rings. The summed E-state index contributed by atoms with van der Waals surface area (Å²) in [5.41, 5.74) is -0.157. The van der Waals surface area contributed by atoms with Crippen LogP contribution in [0.2, 0.25) is 0 Å². The first kappa shape index (κ1) is 5.60. The van der Waals surface area contributed by atoms with E-state index in [1.54, 1.807) is 0 Å². The third-order valence-electron chi connectivity index (χ3n) is 0.323. The van der Waals surface area contributed by atoms with E-state index >= 15 is 0 Å². The van der Waals surface area contributed by atoms with E-state index < -0.39 is 6.08 Å². The molecule has 0 aromatic heterocycles. The molecular formula is C4H5F2. The van der Waals surface area contributed by atoms with Crippen LogP contribution in [0.5, 0.6) is 0 Å². The molecule has 35 valence electrons. The monoisotopic (exact) mass is 91.0 g/mol. The van der Waals surface area contributed by atoms with Gasteiger partial charge in [-0.2, -0.15) is 8.78 Å². The van der Waals surface area contributed by atoms with Gasteiger partial charge in [0.15, 0.2) is 0 Å². The van der Waals surface area contributed by atoms with Crippen molar-refractivity contribution in [3.05, 3.63) is 18.6 Å². The van der Waals surface area contributed by atoms with Gasteiger partial charge in [0.1, 0.15) is 0 Å². The molecule has 0 nitrogen and oxygen atoms in total. The van der Waals surface area contributed by atoms with E-state index in [1.807, 2.05) is 0 Å². The van der Waals surface area contributed by atoms with Crippen LogP contribution in [0.3, 0.4) is 0 Å². The summed E-state index contributed by atoms with van der Waals surface area (Å²) in [6.07, 6.45) is -1.69. The summed E-state index contributed by atoms with van der Waals surface area (Å²) in [6, 6.07) is 0. The van der Waals surface area contributed by atoms with Crippen LogP contribution in [0.4, 0.5) is 8.78 Å². The molecule has 0 aromatic rings. The molecule has 0 rings (SSSR count). The zero-order valence-electron chi connectivity index (χ0n) is 3.46. The molecule has 0 amide bonds. The van der Waals surface area contributed by atoms with Gasteiger partial charge in [0.25, 0.3) is 6.08 Å². The average molecular weight is 91.1 g/mol. The third kappa shape index (κ3) is 1.88. The van der Waals surface area contributed by atoms with Crippen molar-refractivity contribution in [1.29, 1.82) is 0 Å². The minimum Gasteiger partial charge on any atom is -0.173 e. The highest BCUT2D eigenvalue weighted by Gasteiger charge is 1.87. The topological polar surface area (TPSA) is 0 Å². The Bertz CT molecular complexity index is 55.6. The fraction of sp³-hybridized carbons (Fsp3) is 0.250. The second-order valence-corrected chi connectivity index (χ2v) is 1.04. The lowest BCUT2D eigenvalue weighted by molar-refractivity contribution is 0.414. The van der Waals surface area contributed by atoms with Gasteiger partial charge in [0.05, 0.1) is 0 Å². The smallest absolute Gasteiger partial charge is 0.173 e. The standard InChI is InChI=1S/C4H5F2/c1-3(2)4(5)6/h1H2,2H3. The number of rotatable bonds is 0. The van der Waals surface area contributed by atoms with Crippen LogP contribution < -0.4 is 0 Å². The summed E-state index contributed by atoms with van der Waals surface area (Å²) in [4.78, 5) is 0.